The smallest absolute Gasteiger partial charge is 0.262 e. The van der Waals surface area contributed by atoms with Crippen LogP contribution < -0.4 is 10.0 Å². The molecule has 2 aromatic rings. The number of rotatable bonds is 3. The summed E-state index contributed by atoms with van der Waals surface area (Å²) >= 11 is 7.53. The third-order valence-electron chi connectivity index (χ3n) is 3.57. The molecule has 0 aliphatic carbocycles. The molecule has 1 heterocycles. The summed E-state index contributed by atoms with van der Waals surface area (Å²) in [6, 6.07) is 11.3. The van der Waals surface area contributed by atoms with Gasteiger partial charge in [0.2, 0.25) is 5.91 Å². The fourth-order valence-electron chi connectivity index (χ4n) is 2.19. The van der Waals surface area contributed by atoms with Crippen LogP contribution in [0.25, 0.3) is 0 Å². The fraction of sp³-hybridized carbons (Fsp3) is 0.188. The van der Waals surface area contributed by atoms with Crippen molar-refractivity contribution in [2.45, 2.75) is 16.7 Å². The van der Waals surface area contributed by atoms with Crippen LogP contribution in [0.5, 0.6) is 0 Å². The molecular formula is C16H15ClN2O3S2. The highest BCUT2D eigenvalue weighted by Gasteiger charge is 2.23. The molecule has 0 fully saturated rings. The van der Waals surface area contributed by atoms with Gasteiger partial charge in [-0.3, -0.25) is 9.52 Å². The lowest BCUT2D eigenvalue weighted by Crippen LogP contribution is -2.20. The van der Waals surface area contributed by atoms with E-state index in [1.807, 2.05) is 6.92 Å². The number of nitrogens with one attached hydrogen (secondary N) is 2. The van der Waals surface area contributed by atoms with E-state index in [-0.39, 0.29) is 16.7 Å². The Hall–Kier alpha value is -1.70. The van der Waals surface area contributed by atoms with Gasteiger partial charge < -0.3 is 5.32 Å². The van der Waals surface area contributed by atoms with Crippen LogP contribution in [0.3, 0.4) is 0 Å². The third-order valence-corrected chi connectivity index (χ3v) is 6.60. The molecule has 1 amide bonds. The number of fused-ring (bicyclic) bond motifs is 1. The molecule has 126 valence electrons. The molecule has 0 aromatic heterocycles. The lowest BCUT2D eigenvalue weighted by Gasteiger charge is -2.12. The number of thioether (sulfide) groups is 1. The van der Waals surface area contributed by atoms with Crippen molar-refractivity contribution in [1.29, 1.82) is 0 Å². The molecule has 2 aromatic carbocycles. The maximum Gasteiger partial charge on any atom is 0.262 e. The summed E-state index contributed by atoms with van der Waals surface area (Å²) in [6.45, 7) is 1.84. The summed E-state index contributed by atoms with van der Waals surface area (Å²) in [6.07, 6.45) is 0. The van der Waals surface area contributed by atoms with Gasteiger partial charge in [-0.25, -0.2) is 8.42 Å². The summed E-state index contributed by atoms with van der Waals surface area (Å²) < 4.78 is 27.6. The van der Waals surface area contributed by atoms with Crippen LogP contribution in [-0.2, 0) is 14.8 Å². The Bertz CT molecular complexity index is 900. The number of amides is 1. The minimum absolute atomic E-state index is 0.0663. The lowest BCUT2D eigenvalue weighted by atomic mass is 10.2. The van der Waals surface area contributed by atoms with Gasteiger partial charge in [0, 0.05) is 16.6 Å². The van der Waals surface area contributed by atoms with E-state index in [0.29, 0.717) is 22.2 Å². The average Bonchev–Trinajstić information content (AvgIpc) is 2.68. The Labute approximate surface area is 149 Å². The number of carbonyl (C=O) groups excluding carboxylic acids is 1. The first-order valence-electron chi connectivity index (χ1n) is 7.22. The van der Waals surface area contributed by atoms with Crippen molar-refractivity contribution < 1.29 is 13.2 Å². The predicted molar refractivity (Wildman–Crippen MR) is 97.2 cm³/mol. The minimum atomic E-state index is -3.81. The zero-order chi connectivity index (χ0) is 17.3. The van der Waals surface area contributed by atoms with E-state index in [1.54, 1.807) is 30.3 Å². The summed E-state index contributed by atoms with van der Waals surface area (Å²) in [7, 11) is -3.81. The van der Waals surface area contributed by atoms with Gasteiger partial charge in [0.25, 0.3) is 10.0 Å². The fourth-order valence-corrected chi connectivity index (χ4v) is 4.55. The third kappa shape index (κ3) is 3.53. The average molecular weight is 383 g/mol. The largest absolute Gasteiger partial charge is 0.325 e. The Kier molecular flexibility index (Phi) is 4.76. The highest BCUT2D eigenvalue weighted by atomic mass is 35.5. The van der Waals surface area contributed by atoms with Crippen molar-refractivity contribution >= 4 is 50.7 Å². The molecule has 0 spiro atoms. The maximum absolute atomic E-state index is 12.6. The Morgan fingerprint density at radius 2 is 2.00 bits per heavy atom. The van der Waals surface area contributed by atoms with Crippen molar-refractivity contribution in [3.63, 3.8) is 0 Å². The van der Waals surface area contributed by atoms with Crippen LogP contribution in [0, 0.1) is 5.92 Å². The molecule has 1 atom stereocenters. The first-order chi connectivity index (χ1) is 11.4. The van der Waals surface area contributed by atoms with Crippen LogP contribution in [0.4, 0.5) is 11.4 Å². The highest BCUT2D eigenvalue weighted by Crippen LogP contribution is 2.34. The normalized spacial score (nSPS) is 17.6. The van der Waals surface area contributed by atoms with E-state index in [9.17, 15) is 13.2 Å². The topological polar surface area (TPSA) is 75.3 Å². The van der Waals surface area contributed by atoms with Crippen molar-refractivity contribution in [3.05, 3.63) is 47.5 Å². The Morgan fingerprint density at radius 1 is 1.25 bits per heavy atom. The summed E-state index contributed by atoms with van der Waals surface area (Å²) in [4.78, 5) is 12.9. The van der Waals surface area contributed by atoms with Gasteiger partial charge in [-0.05, 0) is 30.3 Å². The molecule has 1 aliphatic heterocycles. The van der Waals surface area contributed by atoms with Gasteiger partial charge in [-0.15, -0.1) is 11.8 Å². The molecule has 0 bridgehead atoms. The predicted octanol–water partition coefficient (Wildman–Crippen LogP) is 3.82. The van der Waals surface area contributed by atoms with E-state index in [1.165, 1.54) is 23.9 Å². The number of sulfonamides is 1. The van der Waals surface area contributed by atoms with Gasteiger partial charge in [-0.1, -0.05) is 30.7 Å². The van der Waals surface area contributed by atoms with Gasteiger partial charge >= 0.3 is 0 Å². The van der Waals surface area contributed by atoms with E-state index in [4.69, 9.17) is 11.6 Å². The second-order valence-electron chi connectivity index (χ2n) is 5.44. The van der Waals surface area contributed by atoms with Crippen LogP contribution in [0.15, 0.2) is 52.3 Å². The Balaban J connectivity index is 1.94. The van der Waals surface area contributed by atoms with E-state index < -0.39 is 10.0 Å². The van der Waals surface area contributed by atoms with Gasteiger partial charge in [0.15, 0.2) is 0 Å². The second kappa shape index (κ2) is 6.66. The number of carbonyl (C=O) groups is 1. The minimum Gasteiger partial charge on any atom is -0.325 e. The Morgan fingerprint density at radius 3 is 2.75 bits per heavy atom. The van der Waals surface area contributed by atoms with E-state index >= 15 is 0 Å². The number of para-hydroxylation sites is 1. The van der Waals surface area contributed by atoms with Crippen LogP contribution in [0.2, 0.25) is 5.02 Å². The van der Waals surface area contributed by atoms with Crippen LogP contribution >= 0.6 is 23.4 Å². The number of anilines is 2. The summed E-state index contributed by atoms with van der Waals surface area (Å²) in [5.41, 5.74) is 0.817. The zero-order valence-electron chi connectivity index (χ0n) is 12.7. The molecule has 0 saturated heterocycles. The quantitative estimate of drug-likeness (QED) is 0.846. The monoisotopic (exact) mass is 382 g/mol. The second-order valence-corrected chi connectivity index (χ2v) is 8.60. The zero-order valence-corrected chi connectivity index (χ0v) is 15.1. The summed E-state index contributed by atoms with van der Waals surface area (Å²) in [5.74, 6) is 0.404. The maximum atomic E-state index is 12.6. The first kappa shape index (κ1) is 17.1. The van der Waals surface area contributed by atoms with Crippen molar-refractivity contribution in [3.8, 4) is 0 Å². The molecule has 1 aliphatic rings. The van der Waals surface area contributed by atoms with Crippen molar-refractivity contribution in [2.24, 2.45) is 5.92 Å². The molecule has 5 nitrogen and oxygen atoms in total. The van der Waals surface area contributed by atoms with Crippen LogP contribution in [0.1, 0.15) is 6.92 Å². The van der Waals surface area contributed by atoms with Crippen LogP contribution in [-0.4, -0.2) is 20.1 Å². The van der Waals surface area contributed by atoms with Gasteiger partial charge in [0.1, 0.15) is 0 Å². The number of hydrogen-bond acceptors (Lipinski definition) is 4. The van der Waals surface area contributed by atoms with E-state index in [0.717, 1.165) is 4.90 Å². The number of benzene rings is 2. The SMILES string of the molecule is C[C@@H]1CSc2ccc(S(=O)(=O)Nc3ccccc3Cl)cc2NC1=O. The van der Waals surface area contributed by atoms with Crippen molar-refractivity contribution in [2.75, 3.05) is 15.8 Å². The van der Waals surface area contributed by atoms with Crippen molar-refractivity contribution in [1.82, 2.24) is 0 Å². The molecule has 2 N–H and O–H groups in total. The molecule has 8 heteroatoms. The standard InChI is InChI=1S/C16H15ClN2O3S2/c1-10-9-23-15-7-6-11(8-14(15)18-16(10)20)24(21,22)19-13-5-3-2-4-12(13)17/h2-8,10,19H,9H2,1H3,(H,18,20)/t10-/m1/s1. The molecule has 0 unspecified atom stereocenters. The highest BCUT2D eigenvalue weighted by molar-refractivity contribution is 7.99. The summed E-state index contributed by atoms with van der Waals surface area (Å²) in [5, 5.41) is 3.10. The first-order valence-corrected chi connectivity index (χ1v) is 10.1. The molecular weight excluding hydrogens is 368 g/mol. The molecule has 3 rings (SSSR count). The van der Waals surface area contributed by atoms with E-state index in [2.05, 4.69) is 10.0 Å². The molecule has 0 radical (unpaired) electrons. The number of hydrogen-bond donors (Lipinski definition) is 2. The molecule has 0 saturated carbocycles. The van der Waals surface area contributed by atoms with Gasteiger partial charge in [0.05, 0.1) is 21.3 Å². The van der Waals surface area contributed by atoms with Gasteiger partial charge in [-0.2, -0.15) is 0 Å². The lowest BCUT2D eigenvalue weighted by molar-refractivity contribution is -0.118. The molecule has 24 heavy (non-hydrogen) atoms. The number of halogens is 1.